The van der Waals surface area contributed by atoms with E-state index in [-0.39, 0.29) is 17.9 Å². The second-order valence-corrected chi connectivity index (χ2v) is 15.3. The van der Waals surface area contributed by atoms with Crippen molar-refractivity contribution in [3.63, 3.8) is 0 Å². The molecule has 0 amide bonds. The van der Waals surface area contributed by atoms with Crippen LogP contribution in [-0.2, 0) is 36.7 Å². The van der Waals surface area contributed by atoms with Crippen LogP contribution in [0.5, 0.6) is 0 Å². The zero-order valence-corrected chi connectivity index (χ0v) is 28.0. The molecule has 0 spiro atoms. The average Bonchev–Trinajstić information content (AvgIpc) is 3.39. The summed E-state index contributed by atoms with van der Waals surface area (Å²) in [6.45, 7) is 7.73. The Morgan fingerprint density at radius 2 is 1.55 bits per heavy atom. The van der Waals surface area contributed by atoms with Crippen molar-refractivity contribution in [3.8, 4) is 0 Å². The molecule has 3 heterocycles. The van der Waals surface area contributed by atoms with Gasteiger partial charge in [-0.05, 0) is 44.4 Å². The van der Waals surface area contributed by atoms with Crippen molar-refractivity contribution < 1.29 is 46.5 Å². The van der Waals surface area contributed by atoms with Crippen molar-refractivity contribution in [1.82, 2.24) is 0 Å². The lowest BCUT2D eigenvalue weighted by atomic mass is 9.79. The Morgan fingerprint density at radius 3 is 2.10 bits per heavy atom. The van der Waals surface area contributed by atoms with E-state index in [9.17, 15) is 18.9 Å². The van der Waals surface area contributed by atoms with Gasteiger partial charge in [-0.1, -0.05) is 78.6 Å². The average molecular weight is 634 g/mol. The predicted octanol–water partition coefficient (Wildman–Crippen LogP) is 5.65. The molecule has 2 bridgehead atoms. The standard InChI is InChI=1S/C29H55BO10P2/c1-6-11-21-13-9-10-14-22(12-7-2)16-18-24-28(25(8-3)38-29(24)30)40-42(33,34)36-19-26-27(39-41(31,32)35-5)23(17-15-21)20(4)37-26/h20-29H,6-19H2,1-5H3,(H,31,32)(H,33,34)/p-2. The Kier molecular flexibility index (Phi) is 15.0. The largest absolute Gasteiger partial charge is 0.756 e. The van der Waals surface area contributed by atoms with Gasteiger partial charge >= 0.3 is 0 Å². The van der Waals surface area contributed by atoms with Gasteiger partial charge in [-0.25, -0.2) is 0 Å². The summed E-state index contributed by atoms with van der Waals surface area (Å²) in [5.74, 6) is 0.503. The third-order valence-electron chi connectivity index (χ3n) is 9.53. The van der Waals surface area contributed by atoms with Crippen LogP contribution in [0.15, 0.2) is 0 Å². The molecule has 244 valence electrons. The van der Waals surface area contributed by atoms with Crippen molar-refractivity contribution in [1.29, 1.82) is 0 Å². The lowest BCUT2D eigenvalue weighted by molar-refractivity contribution is -0.236. The molecule has 12 unspecified atom stereocenters. The van der Waals surface area contributed by atoms with Crippen LogP contribution in [0, 0.1) is 23.7 Å². The lowest BCUT2D eigenvalue weighted by Gasteiger charge is -2.34. The van der Waals surface area contributed by atoms with E-state index < -0.39 is 52.7 Å². The molecule has 2 radical (unpaired) electrons. The van der Waals surface area contributed by atoms with E-state index in [4.69, 9.17) is 30.9 Å². The zero-order valence-electron chi connectivity index (χ0n) is 26.2. The minimum absolute atomic E-state index is 0.270. The van der Waals surface area contributed by atoms with Crippen molar-refractivity contribution >= 4 is 23.5 Å². The Hall–Kier alpha value is 0.205. The zero-order chi connectivity index (χ0) is 30.9. The molecule has 0 N–H and O–H groups in total. The van der Waals surface area contributed by atoms with Gasteiger partial charge in [0.25, 0.3) is 15.6 Å². The van der Waals surface area contributed by atoms with Gasteiger partial charge in [-0.3, -0.25) is 9.13 Å². The lowest BCUT2D eigenvalue weighted by Crippen LogP contribution is -2.36. The van der Waals surface area contributed by atoms with E-state index in [2.05, 4.69) is 18.4 Å². The van der Waals surface area contributed by atoms with Crippen molar-refractivity contribution in [2.75, 3.05) is 13.7 Å². The monoisotopic (exact) mass is 634 g/mol. The number of phosphoric ester groups is 2. The first-order valence-corrected chi connectivity index (χ1v) is 19.1. The van der Waals surface area contributed by atoms with Crippen LogP contribution < -0.4 is 9.79 Å². The third-order valence-corrected chi connectivity index (χ3v) is 11.4. The number of hydrogen-bond acceptors (Lipinski definition) is 10. The Morgan fingerprint density at radius 1 is 0.952 bits per heavy atom. The summed E-state index contributed by atoms with van der Waals surface area (Å²) in [5, 5.41) is 0. The molecule has 10 nitrogen and oxygen atoms in total. The van der Waals surface area contributed by atoms with E-state index in [0.717, 1.165) is 71.3 Å². The molecule has 0 saturated carbocycles. The van der Waals surface area contributed by atoms with Gasteiger partial charge in [0.15, 0.2) is 0 Å². The maximum absolute atomic E-state index is 13.2. The smallest absolute Gasteiger partial charge is 0.268 e. The summed E-state index contributed by atoms with van der Waals surface area (Å²) < 4.78 is 58.6. The minimum Gasteiger partial charge on any atom is -0.756 e. The molecule has 3 rings (SSSR count). The molecule has 0 aromatic rings. The summed E-state index contributed by atoms with van der Waals surface area (Å²) >= 11 is 0. The van der Waals surface area contributed by atoms with Crippen LogP contribution in [0.4, 0.5) is 0 Å². The van der Waals surface area contributed by atoms with Crippen LogP contribution in [-0.4, -0.2) is 58.1 Å². The number of fused-ring (bicyclic) bond motifs is 3. The maximum Gasteiger partial charge on any atom is 0.268 e. The first-order chi connectivity index (χ1) is 19.9. The van der Waals surface area contributed by atoms with Gasteiger partial charge in [0.2, 0.25) is 0 Å². The van der Waals surface area contributed by atoms with Crippen LogP contribution in [0.2, 0.25) is 0 Å². The van der Waals surface area contributed by atoms with Crippen molar-refractivity contribution in [2.45, 2.75) is 148 Å². The topological polar surface area (TPSA) is 136 Å². The molecular formula is C29H53BO10P2-2. The minimum atomic E-state index is -4.84. The van der Waals surface area contributed by atoms with Gasteiger partial charge in [-0.2, -0.15) is 0 Å². The van der Waals surface area contributed by atoms with Crippen LogP contribution in [0.1, 0.15) is 111 Å². The van der Waals surface area contributed by atoms with E-state index in [1.807, 2.05) is 13.8 Å². The van der Waals surface area contributed by atoms with Crippen molar-refractivity contribution in [3.05, 3.63) is 0 Å². The quantitative estimate of drug-likeness (QED) is 0.244. The number of phosphoric acid groups is 2. The third kappa shape index (κ3) is 10.6. The van der Waals surface area contributed by atoms with E-state index >= 15 is 0 Å². The molecule has 0 aliphatic carbocycles. The molecule has 0 aromatic carbocycles. The van der Waals surface area contributed by atoms with E-state index in [0.29, 0.717) is 31.1 Å². The first kappa shape index (κ1) is 36.7. The number of ether oxygens (including phenoxy) is 2. The number of rotatable bonds is 8. The normalized spacial score (nSPS) is 42.6. The summed E-state index contributed by atoms with van der Waals surface area (Å²) in [7, 11) is -2.06. The summed E-state index contributed by atoms with van der Waals surface area (Å²) in [6.07, 6.45) is 9.29. The van der Waals surface area contributed by atoms with Crippen LogP contribution in [0.3, 0.4) is 0 Å². The first-order valence-electron chi connectivity index (χ1n) is 16.2. The molecule has 3 fully saturated rings. The van der Waals surface area contributed by atoms with Crippen molar-refractivity contribution in [2.24, 2.45) is 23.7 Å². The van der Waals surface area contributed by atoms with E-state index in [1.165, 1.54) is 0 Å². The van der Waals surface area contributed by atoms with E-state index in [1.54, 1.807) is 0 Å². The Bertz CT molecular complexity index is 896. The highest BCUT2D eigenvalue weighted by atomic mass is 31.2. The molecule has 3 saturated heterocycles. The molecule has 13 heteroatoms. The summed E-state index contributed by atoms with van der Waals surface area (Å²) in [6, 6.07) is -0.621. The Balaban J connectivity index is 1.86. The highest BCUT2D eigenvalue weighted by Crippen LogP contribution is 2.50. The van der Waals surface area contributed by atoms with Crippen LogP contribution in [0.25, 0.3) is 0 Å². The summed E-state index contributed by atoms with van der Waals surface area (Å²) in [4.78, 5) is 25.5. The Labute approximate surface area is 254 Å². The van der Waals surface area contributed by atoms with Crippen LogP contribution >= 0.6 is 15.6 Å². The van der Waals surface area contributed by atoms with Gasteiger partial charge in [-0.15, -0.1) is 0 Å². The summed E-state index contributed by atoms with van der Waals surface area (Å²) in [5.41, 5.74) is 0. The van der Waals surface area contributed by atoms with Gasteiger partial charge in [0, 0.05) is 24.9 Å². The SMILES string of the molecule is [B]C1OC(CC)C2OP(=O)([O-])OCC3OC(C)C(CCC(CCC)CCCCC(CCC)CCC12)C3OP(=O)([O-])OC. The van der Waals surface area contributed by atoms with Gasteiger partial charge in [0.05, 0.1) is 31.0 Å². The molecule has 42 heavy (non-hydrogen) atoms. The molecule has 3 aliphatic heterocycles. The second-order valence-electron chi connectivity index (χ2n) is 12.5. The number of hydrogen-bond donors (Lipinski definition) is 0. The fourth-order valence-electron chi connectivity index (χ4n) is 7.26. The highest BCUT2D eigenvalue weighted by molar-refractivity contribution is 7.46. The van der Waals surface area contributed by atoms with Gasteiger partial charge < -0.3 is 37.4 Å². The molecule has 3 aliphatic rings. The molecule has 0 aromatic heterocycles. The molecular weight excluding hydrogens is 581 g/mol. The fraction of sp³-hybridized carbons (Fsp3) is 1.00. The fourth-order valence-corrected chi connectivity index (χ4v) is 8.92. The molecule has 12 atom stereocenters. The highest BCUT2D eigenvalue weighted by Gasteiger charge is 2.47. The maximum atomic E-state index is 13.2. The second kappa shape index (κ2) is 17.2. The van der Waals surface area contributed by atoms with Gasteiger partial charge in [0.1, 0.15) is 14.0 Å². The predicted molar refractivity (Wildman–Crippen MR) is 158 cm³/mol.